The van der Waals surface area contributed by atoms with E-state index < -0.39 is 5.97 Å². The van der Waals surface area contributed by atoms with Gasteiger partial charge >= 0.3 is 5.97 Å². The minimum absolute atomic E-state index is 0.320. The van der Waals surface area contributed by atoms with Gasteiger partial charge in [-0.2, -0.15) is 0 Å². The number of pyridine rings is 1. The van der Waals surface area contributed by atoms with E-state index in [0.29, 0.717) is 4.91 Å². The van der Waals surface area contributed by atoms with Crippen LogP contribution in [0.15, 0.2) is 65.0 Å². The Balaban J connectivity index is 2.21. The van der Waals surface area contributed by atoms with Crippen molar-refractivity contribution in [3.05, 3.63) is 60.0 Å². The molecule has 0 saturated carbocycles. The fourth-order valence-corrected chi connectivity index (χ4v) is 2.23. The van der Waals surface area contributed by atoms with Gasteiger partial charge in [0.05, 0.1) is 17.7 Å². The highest BCUT2D eigenvalue weighted by Crippen LogP contribution is 2.26. The number of ether oxygens (including phenoxy) is 1. The molecule has 0 amide bonds. The van der Waals surface area contributed by atoms with Gasteiger partial charge in [-0.15, -0.1) is 0 Å². The standard InChI is InChI=1S/C15H13NO2S/c1-11(15(17)18-2)19-14-10-6-9-13(16-14)12-7-4-3-5-8-12/h3-10H,1H2,2H3. The Bertz CT molecular complexity index is 596. The molecule has 96 valence electrons. The summed E-state index contributed by atoms with van der Waals surface area (Å²) in [7, 11) is 1.34. The van der Waals surface area contributed by atoms with Crippen molar-refractivity contribution in [2.75, 3.05) is 7.11 Å². The molecule has 0 unspecified atom stereocenters. The number of aromatic nitrogens is 1. The molecule has 3 nitrogen and oxygen atoms in total. The van der Waals surface area contributed by atoms with E-state index in [9.17, 15) is 4.79 Å². The Morgan fingerprint density at radius 1 is 1.16 bits per heavy atom. The number of esters is 1. The molecule has 0 fully saturated rings. The van der Waals surface area contributed by atoms with E-state index in [2.05, 4.69) is 16.3 Å². The molecule has 2 aromatic rings. The largest absolute Gasteiger partial charge is 0.465 e. The van der Waals surface area contributed by atoms with Crippen LogP contribution < -0.4 is 0 Å². The lowest BCUT2D eigenvalue weighted by Crippen LogP contribution is -2.00. The van der Waals surface area contributed by atoms with Crippen LogP contribution in [-0.4, -0.2) is 18.1 Å². The van der Waals surface area contributed by atoms with Crippen molar-refractivity contribution in [1.82, 2.24) is 4.98 Å². The van der Waals surface area contributed by atoms with Gasteiger partial charge in [0, 0.05) is 5.56 Å². The lowest BCUT2D eigenvalue weighted by molar-refractivity contribution is -0.135. The zero-order valence-electron chi connectivity index (χ0n) is 10.5. The van der Waals surface area contributed by atoms with Crippen LogP contribution in [0.5, 0.6) is 0 Å². The maximum absolute atomic E-state index is 11.3. The van der Waals surface area contributed by atoms with E-state index in [0.717, 1.165) is 16.3 Å². The van der Waals surface area contributed by atoms with Gasteiger partial charge in [-0.3, -0.25) is 0 Å². The first-order valence-electron chi connectivity index (χ1n) is 5.68. The normalized spacial score (nSPS) is 9.95. The molecule has 0 radical (unpaired) electrons. The Hall–Kier alpha value is -2.07. The van der Waals surface area contributed by atoms with Crippen LogP contribution in [0.25, 0.3) is 11.3 Å². The van der Waals surface area contributed by atoms with Crippen molar-refractivity contribution in [2.24, 2.45) is 0 Å². The number of nitrogens with zero attached hydrogens (tertiary/aromatic N) is 1. The van der Waals surface area contributed by atoms with Gasteiger partial charge < -0.3 is 4.74 Å². The average Bonchev–Trinajstić information content (AvgIpc) is 2.47. The van der Waals surface area contributed by atoms with E-state index in [-0.39, 0.29) is 0 Å². The molecule has 1 aromatic carbocycles. The topological polar surface area (TPSA) is 39.2 Å². The molecule has 2 rings (SSSR count). The zero-order chi connectivity index (χ0) is 13.7. The molecule has 0 saturated heterocycles. The number of rotatable bonds is 4. The number of carbonyl (C=O) groups excluding carboxylic acids is 1. The molecule has 0 spiro atoms. The SMILES string of the molecule is C=C(Sc1cccc(-c2ccccc2)n1)C(=O)OC. The molecular weight excluding hydrogens is 258 g/mol. The first-order chi connectivity index (χ1) is 9.20. The Morgan fingerprint density at radius 2 is 1.89 bits per heavy atom. The molecule has 4 heteroatoms. The Kier molecular flexibility index (Phi) is 4.36. The maximum atomic E-state index is 11.3. The monoisotopic (exact) mass is 271 g/mol. The van der Waals surface area contributed by atoms with Gasteiger partial charge in [0.1, 0.15) is 5.03 Å². The summed E-state index contributed by atoms with van der Waals surface area (Å²) in [5.41, 5.74) is 1.90. The second-order valence-electron chi connectivity index (χ2n) is 3.74. The fourth-order valence-electron chi connectivity index (χ4n) is 1.52. The van der Waals surface area contributed by atoms with Gasteiger partial charge in [0.25, 0.3) is 0 Å². The van der Waals surface area contributed by atoms with E-state index in [1.54, 1.807) is 0 Å². The third-order valence-electron chi connectivity index (χ3n) is 2.43. The molecule has 0 aliphatic carbocycles. The smallest absolute Gasteiger partial charge is 0.344 e. The van der Waals surface area contributed by atoms with Crippen LogP contribution in [0, 0.1) is 0 Å². The highest BCUT2D eigenvalue weighted by molar-refractivity contribution is 8.03. The quantitative estimate of drug-likeness (QED) is 0.484. The van der Waals surface area contributed by atoms with Gasteiger partial charge in [0.15, 0.2) is 0 Å². The summed E-state index contributed by atoms with van der Waals surface area (Å²) in [4.78, 5) is 16.1. The Labute approximate surface area is 116 Å². The first-order valence-corrected chi connectivity index (χ1v) is 6.50. The molecule has 1 heterocycles. The van der Waals surface area contributed by atoms with Crippen molar-refractivity contribution in [2.45, 2.75) is 5.03 Å². The summed E-state index contributed by atoms with van der Waals surface area (Å²) < 4.78 is 4.61. The summed E-state index contributed by atoms with van der Waals surface area (Å²) in [6.45, 7) is 3.67. The first kappa shape index (κ1) is 13.4. The van der Waals surface area contributed by atoms with Gasteiger partial charge in [-0.25, -0.2) is 9.78 Å². The number of hydrogen-bond acceptors (Lipinski definition) is 4. The summed E-state index contributed by atoms with van der Waals surface area (Å²) in [6, 6.07) is 15.5. The zero-order valence-corrected chi connectivity index (χ0v) is 11.3. The predicted molar refractivity (Wildman–Crippen MR) is 76.7 cm³/mol. The minimum atomic E-state index is -0.433. The summed E-state index contributed by atoms with van der Waals surface area (Å²) in [6.07, 6.45) is 0. The van der Waals surface area contributed by atoms with Crippen molar-refractivity contribution in [3.63, 3.8) is 0 Å². The number of carbonyl (C=O) groups is 1. The second-order valence-corrected chi connectivity index (χ2v) is 4.86. The highest BCUT2D eigenvalue weighted by Gasteiger charge is 2.10. The molecule has 0 bridgehead atoms. The number of methoxy groups -OCH3 is 1. The van der Waals surface area contributed by atoms with E-state index >= 15 is 0 Å². The number of hydrogen-bond donors (Lipinski definition) is 0. The Morgan fingerprint density at radius 3 is 2.58 bits per heavy atom. The van der Waals surface area contributed by atoms with Crippen LogP contribution in [0.4, 0.5) is 0 Å². The lowest BCUT2D eigenvalue weighted by atomic mass is 10.1. The molecular formula is C15H13NO2S. The van der Waals surface area contributed by atoms with E-state index in [4.69, 9.17) is 0 Å². The molecule has 0 aliphatic rings. The molecule has 19 heavy (non-hydrogen) atoms. The van der Waals surface area contributed by atoms with Crippen LogP contribution in [0.3, 0.4) is 0 Å². The number of thioether (sulfide) groups is 1. The van der Waals surface area contributed by atoms with Gasteiger partial charge in [-0.05, 0) is 12.1 Å². The molecule has 0 N–H and O–H groups in total. The molecule has 1 aromatic heterocycles. The van der Waals surface area contributed by atoms with Crippen LogP contribution in [0.1, 0.15) is 0 Å². The third-order valence-corrected chi connectivity index (χ3v) is 3.28. The predicted octanol–water partition coefficient (Wildman–Crippen LogP) is 3.53. The van der Waals surface area contributed by atoms with Crippen LogP contribution in [-0.2, 0) is 9.53 Å². The minimum Gasteiger partial charge on any atom is -0.465 e. The van der Waals surface area contributed by atoms with Crippen molar-refractivity contribution < 1.29 is 9.53 Å². The lowest BCUT2D eigenvalue weighted by Gasteiger charge is -2.05. The third kappa shape index (κ3) is 3.45. The average molecular weight is 271 g/mol. The van der Waals surface area contributed by atoms with Gasteiger partial charge in [0.2, 0.25) is 0 Å². The van der Waals surface area contributed by atoms with Gasteiger partial charge in [-0.1, -0.05) is 54.7 Å². The highest BCUT2D eigenvalue weighted by atomic mass is 32.2. The van der Waals surface area contributed by atoms with E-state index in [1.807, 2.05) is 48.5 Å². The maximum Gasteiger partial charge on any atom is 0.344 e. The molecule has 0 atom stereocenters. The van der Waals surface area contributed by atoms with E-state index in [1.165, 1.54) is 18.9 Å². The van der Waals surface area contributed by atoms with Crippen molar-refractivity contribution >= 4 is 17.7 Å². The fraction of sp³-hybridized carbons (Fsp3) is 0.0667. The second kappa shape index (κ2) is 6.20. The summed E-state index contributed by atoms with van der Waals surface area (Å²) in [5.74, 6) is -0.433. The molecule has 0 aliphatic heterocycles. The summed E-state index contributed by atoms with van der Waals surface area (Å²) in [5, 5.41) is 0.719. The summed E-state index contributed by atoms with van der Waals surface area (Å²) >= 11 is 1.20. The van der Waals surface area contributed by atoms with Crippen molar-refractivity contribution in [3.8, 4) is 11.3 Å². The van der Waals surface area contributed by atoms with Crippen molar-refractivity contribution in [1.29, 1.82) is 0 Å². The number of benzene rings is 1. The van der Waals surface area contributed by atoms with Crippen LogP contribution in [0.2, 0.25) is 0 Å². The van der Waals surface area contributed by atoms with Crippen LogP contribution >= 0.6 is 11.8 Å².